The molecule has 0 N–H and O–H groups in total. The van der Waals surface area contributed by atoms with Crippen molar-refractivity contribution in [3.8, 4) is 23.3 Å². The molecule has 1 aliphatic heterocycles. The molecule has 26 heavy (non-hydrogen) atoms. The first-order chi connectivity index (χ1) is 12.7. The van der Waals surface area contributed by atoms with Gasteiger partial charge >= 0.3 is 0 Å². The fourth-order valence-electron chi connectivity index (χ4n) is 3.03. The van der Waals surface area contributed by atoms with Crippen molar-refractivity contribution < 1.29 is 19.0 Å². The van der Waals surface area contributed by atoms with Crippen LogP contribution >= 0.6 is 0 Å². The van der Waals surface area contributed by atoms with E-state index in [0.717, 1.165) is 0 Å². The summed E-state index contributed by atoms with van der Waals surface area (Å²) in [5.41, 5.74) is 1.82. The number of hydrogen-bond acceptors (Lipinski definition) is 5. The number of ether oxygens (including phenoxy) is 3. The molecule has 1 atom stereocenters. The van der Waals surface area contributed by atoms with Gasteiger partial charge in [0.25, 0.3) is 5.91 Å². The van der Waals surface area contributed by atoms with Crippen LogP contribution in [0.25, 0.3) is 6.08 Å². The Kier molecular flexibility index (Phi) is 4.81. The highest BCUT2D eigenvalue weighted by Gasteiger charge is 2.32. The molecule has 0 saturated heterocycles. The number of carbonyl (C=O) groups excluding carboxylic acids is 1. The Hall–Kier alpha value is -3.46. The van der Waals surface area contributed by atoms with Crippen LogP contribution in [0.3, 0.4) is 0 Å². The van der Waals surface area contributed by atoms with E-state index in [0.29, 0.717) is 33.9 Å². The first kappa shape index (κ1) is 17.4. The Bertz CT molecular complexity index is 900. The molecule has 1 aliphatic rings. The molecule has 1 heterocycles. The standard InChI is InChI=1S/C20H18N2O4/c1-24-17-11-15-14(18(25-2)19(17)26-3)9-10-22(16(15)12-21)20(23)13-7-5-4-6-8-13/h4-11,16H,1-3H3. The van der Waals surface area contributed by atoms with Crippen molar-refractivity contribution in [2.24, 2.45) is 0 Å². The zero-order valence-corrected chi connectivity index (χ0v) is 14.7. The molecule has 1 unspecified atom stereocenters. The summed E-state index contributed by atoms with van der Waals surface area (Å²) in [6, 6.07) is 11.9. The predicted octanol–water partition coefficient (Wildman–Crippen LogP) is 3.40. The second-order valence-corrected chi connectivity index (χ2v) is 5.57. The van der Waals surface area contributed by atoms with E-state index in [-0.39, 0.29) is 5.91 Å². The Morgan fingerprint density at radius 2 is 1.77 bits per heavy atom. The van der Waals surface area contributed by atoms with Crippen molar-refractivity contribution in [2.45, 2.75) is 6.04 Å². The smallest absolute Gasteiger partial charge is 0.259 e. The van der Waals surface area contributed by atoms with Crippen LogP contribution in [0.4, 0.5) is 0 Å². The van der Waals surface area contributed by atoms with Crippen LogP contribution in [0.15, 0.2) is 42.6 Å². The minimum Gasteiger partial charge on any atom is -0.493 e. The van der Waals surface area contributed by atoms with Crippen LogP contribution in [0, 0.1) is 11.3 Å². The molecule has 0 aromatic heterocycles. The molecule has 132 valence electrons. The predicted molar refractivity (Wildman–Crippen MR) is 96.1 cm³/mol. The van der Waals surface area contributed by atoms with Crippen LogP contribution < -0.4 is 14.2 Å². The first-order valence-electron chi connectivity index (χ1n) is 7.94. The SMILES string of the molecule is COc1cc2c(c(OC)c1OC)C=CN(C(=O)c1ccccc1)C2C#N. The maximum Gasteiger partial charge on any atom is 0.259 e. The Labute approximate surface area is 151 Å². The van der Waals surface area contributed by atoms with Gasteiger partial charge in [0.2, 0.25) is 5.75 Å². The third-order valence-corrected chi connectivity index (χ3v) is 4.25. The van der Waals surface area contributed by atoms with Gasteiger partial charge in [-0.1, -0.05) is 18.2 Å². The van der Waals surface area contributed by atoms with Gasteiger partial charge in [-0.15, -0.1) is 0 Å². The summed E-state index contributed by atoms with van der Waals surface area (Å²) in [4.78, 5) is 14.3. The highest BCUT2D eigenvalue weighted by Crippen LogP contribution is 2.46. The third-order valence-electron chi connectivity index (χ3n) is 4.25. The molecule has 0 fully saturated rings. The largest absolute Gasteiger partial charge is 0.493 e. The number of benzene rings is 2. The summed E-state index contributed by atoms with van der Waals surface area (Å²) in [6.07, 6.45) is 3.34. The van der Waals surface area contributed by atoms with E-state index in [2.05, 4.69) is 6.07 Å². The minimum absolute atomic E-state index is 0.257. The third kappa shape index (κ3) is 2.74. The van der Waals surface area contributed by atoms with Gasteiger partial charge in [-0.3, -0.25) is 9.69 Å². The monoisotopic (exact) mass is 350 g/mol. The summed E-state index contributed by atoms with van der Waals surface area (Å²) in [5, 5.41) is 9.77. The van der Waals surface area contributed by atoms with Crippen LogP contribution in [-0.2, 0) is 0 Å². The van der Waals surface area contributed by atoms with E-state index in [9.17, 15) is 10.1 Å². The van der Waals surface area contributed by atoms with Crippen molar-refractivity contribution in [1.29, 1.82) is 5.26 Å². The Morgan fingerprint density at radius 3 is 2.35 bits per heavy atom. The summed E-state index contributed by atoms with van der Waals surface area (Å²) < 4.78 is 16.2. The second kappa shape index (κ2) is 7.19. The van der Waals surface area contributed by atoms with Gasteiger partial charge in [0.15, 0.2) is 11.5 Å². The number of amides is 1. The molecule has 0 radical (unpaired) electrons. The van der Waals surface area contributed by atoms with E-state index < -0.39 is 6.04 Å². The van der Waals surface area contributed by atoms with Crippen molar-refractivity contribution in [3.05, 3.63) is 59.3 Å². The van der Waals surface area contributed by atoms with Gasteiger partial charge in [-0.2, -0.15) is 5.26 Å². The number of nitrogens with zero attached hydrogens (tertiary/aromatic N) is 2. The van der Waals surface area contributed by atoms with E-state index >= 15 is 0 Å². The molecule has 0 aliphatic carbocycles. The summed E-state index contributed by atoms with van der Waals surface area (Å²) in [6.45, 7) is 0. The summed E-state index contributed by atoms with van der Waals surface area (Å²) in [5.74, 6) is 1.08. The molecular weight excluding hydrogens is 332 g/mol. The van der Waals surface area contributed by atoms with Crippen molar-refractivity contribution >= 4 is 12.0 Å². The number of fused-ring (bicyclic) bond motifs is 1. The van der Waals surface area contributed by atoms with Crippen LogP contribution in [0.1, 0.15) is 27.5 Å². The average molecular weight is 350 g/mol. The molecule has 3 rings (SSSR count). The zero-order valence-electron chi connectivity index (χ0n) is 14.7. The number of nitriles is 1. The normalized spacial score (nSPS) is 15.0. The number of methoxy groups -OCH3 is 3. The van der Waals surface area contributed by atoms with Crippen LogP contribution in [0.5, 0.6) is 17.2 Å². The fraction of sp³-hybridized carbons (Fsp3) is 0.200. The van der Waals surface area contributed by atoms with Crippen LogP contribution in [-0.4, -0.2) is 32.1 Å². The van der Waals surface area contributed by atoms with Crippen molar-refractivity contribution in [1.82, 2.24) is 4.90 Å². The molecular formula is C20H18N2O4. The summed E-state index contributed by atoms with van der Waals surface area (Å²) >= 11 is 0. The molecule has 0 bridgehead atoms. The maximum atomic E-state index is 12.8. The average Bonchev–Trinajstić information content (AvgIpc) is 2.71. The van der Waals surface area contributed by atoms with Gasteiger partial charge in [0, 0.05) is 22.9 Å². The van der Waals surface area contributed by atoms with Gasteiger partial charge in [-0.05, 0) is 24.3 Å². The first-order valence-corrected chi connectivity index (χ1v) is 7.94. The molecule has 2 aromatic carbocycles. The van der Waals surface area contributed by atoms with E-state index in [1.54, 1.807) is 42.6 Å². The molecule has 1 amide bonds. The van der Waals surface area contributed by atoms with Crippen molar-refractivity contribution in [3.63, 3.8) is 0 Å². The van der Waals surface area contributed by atoms with E-state index in [4.69, 9.17) is 14.2 Å². The van der Waals surface area contributed by atoms with Gasteiger partial charge < -0.3 is 14.2 Å². The lowest BCUT2D eigenvalue weighted by atomic mass is 9.94. The molecule has 6 heteroatoms. The quantitative estimate of drug-likeness (QED) is 0.845. The highest BCUT2D eigenvalue weighted by molar-refractivity contribution is 5.96. The molecule has 2 aromatic rings. The Balaban J connectivity index is 2.13. The lowest BCUT2D eigenvalue weighted by Gasteiger charge is -2.30. The van der Waals surface area contributed by atoms with E-state index in [1.165, 1.54) is 26.2 Å². The van der Waals surface area contributed by atoms with Gasteiger partial charge in [-0.25, -0.2) is 0 Å². The fourth-order valence-corrected chi connectivity index (χ4v) is 3.03. The number of carbonyl (C=O) groups is 1. The molecule has 0 spiro atoms. The highest BCUT2D eigenvalue weighted by atomic mass is 16.5. The zero-order chi connectivity index (χ0) is 18.7. The van der Waals surface area contributed by atoms with Crippen LogP contribution in [0.2, 0.25) is 0 Å². The minimum atomic E-state index is -0.809. The number of rotatable bonds is 4. The van der Waals surface area contributed by atoms with E-state index in [1.807, 2.05) is 6.07 Å². The van der Waals surface area contributed by atoms with Gasteiger partial charge in [0.05, 0.1) is 27.4 Å². The lowest BCUT2D eigenvalue weighted by molar-refractivity contribution is 0.0794. The lowest BCUT2D eigenvalue weighted by Crippen LogP contribution is -2.32. The topological polar surface area (TPSA) is 71.8 Å². The summed E-state index contributed by atoms with van der Waals surface area (Å²) in [7, 11) is 4.55. The second-order valence-electron chi connectivity index (χ2n) is 5.57. The number of hydrogen-bond donors (Lipinski definition) is 0. The molecule has 0 saturated carbocycles. The maximum absolute atomic E-state index is 12.8. The van der Waals surface area contributed by atoms with Gasteiger partial charge in [0.1, 0.15) is 6.04 Å². The Morgan fingerprint density at radius 1 is 1.08 bits per heavy atom. The molecule has 6 nitrogen and oxygen atoms in total. The van der Waals surface area contributed by atoms with Crippen molar-refractivity contribution in [2.75, 3.05) is 21.3 Å².